The Hall–Kier alpha value is -1.91. The fourth-order valence-electron chi connectivity index (χ4n) is 2.10. The van der Waals surface area contributed by atoms with Gasteiger partial charge in [-0.2, -0.15) is 5.10 Å². The van der Waals surface area contributed by atoms with E-state index in [1.54, 1.807) is 16.9 Å². The van der Waals surface area contributed by atoms with E-state index in [-0.39, 0.29) is 0 Å². The first-order valence-electron chi connectivity index (χ1n) is 6.25. The number of aromatic nitrogens is 2. The maximum Gasteiger partial charge on any atom is 0.153 e. The Morgan fingerprint density at radius 1 is 1.10 bits per heavy atom. The quantitative estimate of drug-likeness (QED) is 0.630. The van der Waals surface area contributed by atoms with Gasteiger partial charge >= 0.3 is 0 Å². The third-order valence-electron chi connectivity index (χ3n) is 3.10. The highest BCUT2D eigenvalue weighted by molar-refractivity contribution is 9.10. The van der Waals surface area contributed by atoms with E-state index in [2.05, 4.69) is 21.0 Å². The predicted molar refractivity (Wildman–Crippen MR) is 87.1 cm³/mol. The van der Waals surface area contributed by atoms with Crippen molar-refractivity contribution in [3.8, 4) is 16.9 Å². The highest BCUT2D eigenvalue weighted by atomic mass is 79.9. The third-order valence-corrected chi connectivity index (χ3v) is 4.11. The Labute approximate surface area is 135 Å². The monoisotopic (exact) mass is 360 g/mol. The number of benzene rings is 2. The van der Waals surface area contributed by atoms with Gasteiger partial charge in [0.1, 0.15) is 5.69 Å². The molecule has 0 aliphatic heterocycles. The molecule has 0 fully saturated rings. The summed E-state index contributed by atoms with van der Waals surface area (Å²) in [6.07, 6.45) is 2.48. The topological polar surface area (TPSA) is 34.9 Å². The highest BCUT2D eigenvalue weighted by Gasteiger charge is 2.14. The summed E-state index contributed by atoms with van der Waals surface area (Å²) in [5.74, 6) is 0. The molecule has 0 amide bonds. The summed E-state index contributed by atoms with van der Waals surface area (Å²) in [5.41, 5.74) is 2.74. The number of para-hydroxylation sites is 1. The van der Waals surface area contributed by atoms with E-state index in [9.17, 15) is 4.79 Å². The van der Waals surface area contributed by atoms with Crippen molar-refractivity contribution in [3.05, 3.63) is 69.8 Å². The lowest BCUT2D eigenvalue weighted by atomic mass is 10.1. The number of rotatable bonds is 3. The minimum absolute atomic E-state index is 0.516. The van der Waals surface area contributed by atoms with Crippen LogP contribution in [0, 0.1) is 0 Å². The lowest BCUT2D eigenvalue weighted by molar-refractivity contribution is 0.112. The van der Waals surface area contributed by atoms with Crippen molar-refractivity contribution in [2.24, 2.45) is 0 Å². The van der Waals surface area contributed by atoms with Crippen LogP contribution in [0.2, 0.25) is 5.02 Å². The summed E-state index contributed by atoms with van der Waals surface area (Å²) < 4.78 is 2.51. The zero-order chi connectivity index (χ0) is 14.8. The van der Waals surface area contributed by atoms with Gasteiger partial charge in [-0.25, -0.2) is 4.68 Å². The van der Waals surface area contributed by atoms with Gasteiger partial charge in [-0.05, 0) is 18.2 Å². The zero-order valence-corrected chi connectivity index (χ0v) is 13.2. The predicted octanol–water partition coefficient (Wildman–Crippen LogP) is 4.77. The fourth-order valence-corrected chi connectivity index (χ4v) is 2.79. The van der Waals surface area contributed by atoms with Crippen LogP contribution in [0.1, 0.15) is 10.4 Å². The number of hydrogen-bond donors (Lipinski definition) is 0. The molecule has 0 radical (unpaired) electrons. The van der Waals surface area contributed by atoms with E-state index in [4.69, 9.17) is 11.6 Å². The standard InChI is InChI=1S/C16H10BrClN2O/c17-13-6-2-1-5-12(13)16-11(10-21)9-20(19-16)15-8-4-3-7-14(15)18/h1-10H. The summed E-state index contributed by atoms with van der Waals surface area (Å²) in [5, 5.41) is 5.09. The molecule has 3 nitrogen and oxygen atoms in total. The second-order valence-corrected chi connectivity index (χ2v) is 5.69. The molecular weight excluding hydrogens is 352 g/mol. The Bertz CT molecular complexity index is 814. The smallest absolute Gasteiger partial charge is 0.153 e. The number of nitrogens with zero attached hydrogens (tertiary/aromatic N) is 2. The van der Waals surface area contributed by atoms with Crippen LogP contribution in [0.5, 0.6) is 0 Å². The first kappa shape index (κ1) is 14.0. The molecule has 1 heterocycles. The van der Waals surface area contributed by atoms with Crippen LogP contribution >= 0.6 is 27.5 Å². The van der Waals surface area contributed by atoms with Gasteiger partial charge < -0.3 is 0 Å². The molecule has 0 aliphatic carbocycles. The molecule has 0 bridgehead atoms. The first-order chi connectivity index (χ1) is 10.2. The van der Waals surface area contributed by atoms with Crippen molar-refractivity contribution in [1.82, 2.24) is 9.78 Å². The van der Waals surface area contributed by atoms with Gasteiger partial charge in [-0.15, -0.1) is 0 Å². The minimum atomic E-state index is 0.516. The van der Waals surface area contributed by atoms with Gasteiger partial charge in [0, 0.05) is 16.2 Å². The van der Waals surface area contributed by atoms with Crippen LogP contribution < -0.4 is 0 Å². The van der Waals surface area contributed by atoms with E-state index in [0.717, 1.165) is 22.0 Å². The molecular formula is C16H10BrClN2O. The second kappa shape index (κ2) is 5.84. The molecule has 3 rings (SSSR count). The maximum atomic E-state index is 11.3. The van der Waals surface area contributed by atoms with Crippen molar-refractivity contribution in [1.29, 1.82) is 0 Å². The summed E-state index contributed by atoms with van der Waals surface area (Å²) in [7, 11) is 0. The maximum absolute atomic E-state index is 11.3. The van der Waals surface area contributed by atoms with Gasteiger partial charge in [0.25, 0.3) is 0 Å². The van der Waals surface area contributed by atoms with Crippen molar-refractivity contribution in [2.75, 3.05) is 0 Å². The van der Waals surface area contributed by atoms with E-state index in [1.807, 2.05) is 42.5 Å². The SMILES string of the molecule is O=Cc1cn(-c2ccccc2Cl)nc1-c1ccccc1Br. The summed E-state index contributed by atoms with van der Waals surface area (Å²) in [6.45, 7) is 0. The van der Waals surface area contributed by atoms with Gasteiger partial charge in [0.2, 0.25) is 0 Å². The van der Waals surface area contributed by atoms with Gasteiger partial charge in [-0.1, -0.05) is 57.9 Å². The van der Waals surface area contributed by atoms with Crippen molar-refractivity contribution >= 4 is 33.8 Å². The van der Waals surface area contributed by atoms with Crippen molar-refractivity contribution in [2.45, 2.75) is 0 Å². The third kappa shape index (κ3) is 2.64. The Morgan fingerprint density at radius 2 is 1.81 bits per heavy atom. The number of halogens is 2. The largest absolute Gasteiger partial charge is 0.298 e. The summed E-state index contributed by atoms with van der Waals surface area (Å²) in [4.78, 5) is 11.3. The van der Waals surface area contributed by atoms with E-state index >= 15 is 0 Å². The molecule has 5 heteroatoms. The van der Waals surface area contributed by atoms with Crippen molar-refractivity contribution in [3.63, 3.8) is 0 Å². The van der Waals surface area contributed by atoms with Gasteiger partial charge in [-0.3, -0.25) is 4.79 Å². The average molecular weight is 362 g/mol. The Morgan fingerprint density at radius 3 is 2.52 bits per heavy atom. The summed E-state index contributed by atoms with van der Waals surface area (Å²) in [6, 6.07) is 15.0. The fraction of sp³-hybridized carbons (Fsp3) is 0. The molecule has 0 unspecified atom stereocenters. The minimum Gasteiger partial charge on any atom is -0.298 e. The number of aldehydes is 1. The zero-order valence-electron chi connectivity index (χ0n) is 10.8. The van der Waals surface area contributed by atoms with Crippen LogP contribution in [0.25, 0.3) is 16.9 Å². The molecule has 1 aromatic heterocycles. The first-order valence-corrected chi connectivity index (χ1v) is 7.42. The highest BCUT2D eigenvalue weighted by Crippen LogP contribution is 2.30. The summed E-state index contributed by atoms with van der Waals surface area (Å²) >= 11 is 9.67. The van der Waals surface area contributed by atoms with Crippen LogP contribution in [0.4, 0.5) is 0 Å². The average Bonchev–Trinajstić information content (AvgIpc) is 2.92. The van der Waals surface area contributed by atoms with Crippen LogP contribution in [-0.4, -0.2) is 16.1 Å². The Kier molecular flexibility index (Phi) is 3.90. The molecule has 0 saturated heterocycles. The second-order valence-electron chi connectivity index (χ2n) is 4.43. The lowest BCUT2D eigenvalue weighted by Gasteiger charge is -2.04. The number of carbonyl (C=O) groups excluding carboxylic acids is 1. The van der Waals surface area contributed by atoms with Crippen molar-refractivity contribution < 1.29 is 4.79 Å². The van der Waals surface area contributed by atoms with E-state index < -0.39 is 0 Å². The molecule has 0 spiro atoms. The molecule has 3 aromatic rings. The van der Waals surface area contributed by atoms with Crippen LogP contribution in [0.3, 0.4) is 0 Å². The molecule has 0 N–H and O–H groups in total. The lowest BCUT2D eigenvalue weighted by Crippen LogP contribution is -1.95. The van der Waals surface area contributed by atoms with Gasteiger partial charge in [0.05, 0.1) is 16.3 Å². The normalized spacial score (nSPS) is 10.6. The number of carbonyl (C=O) groups is 1. The van der Waals surface area contributed by atoms with E-state index in [1.165, 1.54) is 0 Å². The Balaban J connectivity index is 2.18. The van der Waals surface area contributed by atoms with Crippen LogP contribution in [-0.2, 0) is 0 Å². The van der Waals surface area contributed by atoms with Crippen LogP contribution in [0.15, 0.2) is 59.2 Å². The molecule has 0 saturated carbocycles. The molecule has 2 aromatic carbocycles. The molecule has 0 atom stereocenters. The van der Waals surface area contributed by atoms with E-state index in [0.29, 0.717) is 16.3 Å². The molecule has 0 aliphatic rings. The van der Waals surface area contributed by atoms with Gasteiger partial charge in [0.15, 0.2) is 6.29 Å². The molecule has 21 heavy (non-hydrogen) atoms. The molecule has 104 valence electrons. The number of hydrogen-bond acceptors (Lipinski definition) is 2.